The molecule has 2 aliphatic carbocycles. The second-order valence-electron chi connectivity index (χ2n) is 5.21. The molecule has 1 radical (unpaired) electrons. The molecule has 15 heavy (non-hydrogen) atoms. The van der Waals surface area contributed by atoms with E-state index in [1.807, 2.05) is 0 Å². The first-order valence-electron chi connectivity index (χ1n) is 5.99. The lowest BCUT2D eigenvalue weighted by Gasteiger charge is -2.26. The van der Waals surface area contributed by atoms with Crippen LogP contribution in [-0.2, 0) is 10.7 Å². The Morgan fingerprint density at radius 2 is 1.47 bits per heavy atom. The van der Waals surface area contributed by atoms with Crippen LogP contribution >= 0.6 is 0 Å². The monoisotopic (exact) mass is 201 g/mol. The number of aryl methyl sites for hydroxylation is 1. The van der Waals surface area contributed by atoms with E-state index in [4.69, 9.17) is 0 Å². The van der Waals surface area contributed by atoms with E-state index in [0.29, 0.717) is 11.8 Å². The highest BCUT2D eigenvalue weighted by Crippen LogP contribution is 2.57. The molecule has 0 spiro atoms. The zero-order valence-electron chi connectivity index (χ0n) is 9.20. The molecule has 0 heterocycles. The molecule has 0 aliphatic heterocycles. The number of hydrogen-bond acceptors (Lipinski definition) is 0. The van der Waals surface area contributed by atoms with Gasteiger partial charge < -0.3 is 0 Å². The van der Waals surface area contributed by atoms with Crippen molar-refractivity contribution in [2.45, 2.75) is 38.2 Å². The molecule has 0 amide bonds. The summed E-state index contributed by atoms with van der Waals surface area (Å²) >= 11 is 0. The SMILES string of the molecule is Cc1ccc(C([O])(C2CC2)C2CC2)cc1. The largest absolute Gasteiger partial charge is 0.224 e. The van der Waals surface area contributed by atoms with Gasteiger partial charge in [-0.2, -0.15) is 0 Å². The van der Waals surface area contributed by atoms with Crippen molar-refractivity contribution >= 4 is 0 Å². The fourth-order valence-corrected chi connectivity index (χ4v) is 2.64. The van der Waals surface area contributed by atoms with Crippen molar-refractivity contribution in [3.8, 4) is 0 Å². The van der Waals surface area contributed by atoms with Crippen LogP contribution in [0, 0.1) is 18.8 Å². The second kappa shape index (κ2) is 3.08. The van der Waals surface area contributed by atoms with Gasteiger partial charge in [0.2, 0.25) is 0 Å². The third kappa shape index (κ3) is 1.50. The summed E-state index contributed by atoms with van der Waals surface area (Å²) in [6, 6.07) is 8.26. The van der Waals surface area contributed by atoms with Gasteiger partial charge in [-0.1, -0.05) is 29.8 Å². The Morgan fingerprint density at radius 1 is 1.00 bits per heavy atom. The van der Waals surface area contributed by atoms with Crippen LogP contribution in [0.25, 0.3) is 0 Å². The summed E-state index contributed by atoms with van der Waals surface area (Å²) < 4.78 is 0. The fraction of sp³-hybridized carbons (Fsp3) is 0.571. The predicted octanol–water partition coefficient (Wildman–Crippen LogP) is 3.44. The Morgan fingerprint density at radius 3 is 1.87 bits per heavy atom. The van der Waals surface area contributed by atoms with Crippen LogP contribution in [0.3, 0.4) is 0 Å². The van der Waals surface area contributed by atoms with Crippen LogP contribution in [0.1, 0.15) is 36.8 Å². The molecule has 2 fully saturated rings. The quantitative estimate of drug-likeness (QED) is 0.714. The smallest absolute Gasteiger partial charge is 0.134 e. The van der Waals surface area contributed by atoms with Crippen LogP contribution in [0.4, 0.5) is 0 Å². The first-order valence-corrected chi connectivity index (χ1v) is 5.99. The molecular formula is C14H17O. The molecule has 79 valence electrons. The Bertz CT molecular complexity index is 345. The third-order valence-electron chi connectivity index (χ3n) is 3.87. The lowest BCUT2D eigenvalue weighted by Crippen LogP contribution is -2.29. The van der Waals surface area contributed by atoms with E-state index in [9.17, 15) is 5.11 Å². The van der Waals surface area contributed by atoms with Crippen molar-refractivity contribution in [2.75, 3.05) is 0 Å². The van der Waals surface area contributed by atoms with E-state index >= 15 is 0 Å². The van der Waals surface area contributed by atoms with Crippen LogP contribution in [0.5, 0.6) is 0 Å². The normalized spacial score (nSPS) is 21.7. The summed E-state index contributed by atoms with van der Waals surface area (Å²) in [4.78, 5) is 0. The molecule has 2 aliphatic rings. The van der Waals surface area contributed by atoms with Crippen LogP contribution < -0.4 is 0 Å². The molecule has 0 aromatic heterocycles. The molecule has 1 nitrogen and oxygen atoms in total. The zero-order chi connectivity index (χ0) is 10.5. The fourth-order valence-electron chi connectivity index (χ4n) is 2.64. The first kappa shape index (κ1) is 9.41. The molecule has 3 rings (SSSR count). The summed E-state index contributed by atoms with van der Waals surface area (Å²) in [5.74, 6) is 0.848. The van der Waals surface area contributed by atoms with Gasteiger partial charge in [0.15, 0.2) is 0 Å². The minimum atomic E-state index is -0.742. The second-order valence-corrected chi connectivity index (χ2v) is 5.21. The molecule has 0 atom stereocenters. The molecule has 0 bridgehead atoms. The van der Waals surface area contributed by atoms with E-state index in [1.54, 1.807) is 0 Å². The summed E-state index contributed by atoms with van der Waals surface area (Å²) in [6.07, 6.45) is 4.59. The van der Waals surface area contributed by atoms with Crippen LogP contribution in [0.2, 0.25) is 0 Å². The maximum Gasteiger partial charge on any atom is 0.134 e. The van der Waals surface area contributed by atoms with E-state index in [2.05, 4.69) is 31.2 Å². The summed E-state index contributed by atoms with van der Waals surface area (Å²) in [6.45, 7) is 2.07. The average molecular weight is 201 g/mol. The Labute approximate surface area is 91.1 Å². The standard InChI is InChI=1S/C14H17O/c1-10-2-4-11(5-3-10)14(15,12-6-7-12)13-8-9-13/h2-5,12-13H,6-9H2,1H3. The maximum absolute atomic E-state index is 12.9. The Balaban J connectivity index is 1.97. The molecular weight excluding hydrogens is 184 g/mol. The van der Waals surface area contributed by atoms with Gasteiger partial charge in [0.25, 0.3) is 0 Å². The minimum absolute atomic E-state index is 0.424. The number of benzene rings is 1. The van der Waals surface area contributed by atoms with Crippen molar-refractivity contribution in [1.29, 1.82) is 0 Å². The highest BCUT2D eigenvalue weighted by Gasteiger charge is 2.55. The minimum Gasteiger partial charge on any atom is -0.224 e. The van der Waals surface area contributed by atoms with Crippen LogP contribution in [0.15, 0.2) is 24.3 Å². The lowest BCUT2D eigenvalue weighted by atomic mass is 9.84. The molecule has 2 saturated carbocycles. The van der Waals surface area contributed by atoms with Crippen molar-refractivity contribution in [1.82, 2.24) is 0 Å². The highest BCUT2D eigenvalue weighted by atomic mass is 16.3. The molecule has 0 N–H and O–H groups in total. The van der Waals surface area contributed by atoms with Gasteiger partial charge in [-0.3, -0.25) is 0 Å². The molecule has 1 aromatic rings. The van der Waals surface area contributed by atoms with Gasteiger partial charge in [-0.15, -0.1) is 0 Å². The highest BCUT2D eigenvalue weighted by molar-refractivity contribution is 5.30. The van der Waals surface area contributed by atoms with E-state index in [-0.39, 0.29) is 0 Å². The zero-order valence-corrected chi connectivity index (χ0v) is 9.20. The number of rotatable bonds is 3. The summed E-state index contributed by atoms with van der Waals surface area (Å²) in [5, 5.41) is 12.9. The molecule has 0 saturated heterocycles. The van der Waals surface area contributed by atoms with Gasteiger partial charge in [0.1, 0.15) is 5.60 Å². The maximum atomic E-state index is 12.9. The lowest BCUT2D eigenvalue weighted by molar-refractivity contribution is -0.0752. The third-order valence-corrected chi connectivity index (χ3v) is 3.87. The van der Waals surface area contributed by atoms with Gasteiger partial charge in [-0.25, -0.2) is 5.11 Å². The van der Waals surface area contributed by atoms with E-state index < -0.39 is 5.60 Å². The van der Waals surface area contributed by atoms with Gasteiger partial charge in [-0.05, 0) is 50.0 Å². The number of hydrogen-bond donors (Lipinski definition) is 0. The Hall–Kier alpha value is -0.820. The van der Waals surface area contributed by atoms with Gasteiger partial charge in [0, 0.05) is 0 Å². The van der Waals surface area contributed by atoms with Crippen molar-refractivity contribution in [3.05, 3.63) is 35.4 Å². The van der Waals surface area contributed by atoms with E-state index in [1.165, 1.54) is 5.56 Å². The van der Waals surface area contributed by atoms with Crippen molar-refractivity contribution < 1.29 is 5.11 Å². The Kier molecular flexibility index (Phi) is 1.93. The van der Waals surface area contributed by atoms with Gasteiger partial charge >= 0.3 is 0 Å². The molecule has 1 heteroatoms. The molecule has 0 unspecified atom stereocenters. The topological polar surface area (TPSA) is 19.9 Å². The average Bonchev–Trinajstić information content (AvgIpc) is 3.07. The van der Waals surface area contributed by atoms with Gasteiger partial charge in [0.05, 0.1) is 0 Å². The molecule has 1 aromatic carbocycles. The van der Waals surface area contributed by atoms with E-state index in [0.717, 1.165) is 31.2 Å². The first-order chi connectivity index (χ1) is 7.21. The summed E-state index contributed by atoms with van der Waals surface area (Å²) in [7, 11) is 0. The van der Waals surface area contributed by atoms with Crippen molar-refractivity contribution in [2.24, 2.45) is 11.8 Å². The predicted molar refractivity (Wildman–Crippen MR) is 59.0 cm³/mol. The summed E-state index contributed by atoms with van der Waals surface area (Å²) in [5.41, 5.74) is 1.54. The van der Waals surface area contributed by atoms with Crippen molar-refractivity contribution in [3.63, 3.8) is 0 Å². The van der Waals surface area contributed by atoms with Crippen LogP contribution in [-0.4, -0.2) is 0 Å².